The van der Waals surface area contributed by atoms with E-state index < -0.39 is 12.1 Å². The maximum Gasteiger partial charge on any atom is 0.424 e. The fraction of sp³-hybridized carbons (Fsp3) is 0.429. The molecule has 1 unspecified atom stereocenters. The summed E-state index contributed by atoms with van der Waals surface area (Å²) in [6.07, 6.45) is 0.893. The van der Waals surface area contributed by atoms with Crippen LogP contribution in [-0.2, 0) is 20.9 Å². The molecule has 1 amide bonds. The fourth-order valence-corrected chi connectivity index (χ4v) is 2.02. The van der Waals surface area contributed by atoms with Gasteiger partial charge in [-0.3, -0.25) is 4.79 Å². The SMILES string of the molecule is COC(=O)C1CCCN(C(=O)OCc2ccccc2)N1. The van der Waals surface area contributed by atoms with Crippen molar-refractivity contribution in [2.75, 3.05) is 13.7 Å². The van der Waals surface area contributed by atoms with E-state index in [1.54, 1.807) is 0 Å². The number of amides is 1. The Balaban J connectivity index is 1.84. The molecule has 1 aliphatic heterocycles. The number of hydrogen-bond acceptors (Lipinski definition) is 5. The number of methoxy groups -OCH3 is 1. The third kappa shape index (κ3) is 3.71. The van der Waals surface area contributed by atoms with Gasteiger partial charge in [-0.2, -0.15) is 0 Å². The normalized spacial score (nSPS) is 18.4. The minimum absolute atomic E-state index is 0.209. The minimum atomic E-state index is -0.488. The van der Waals surface area contributed by atoms with E-state index in [1.807, 2.05) is 30.3 Å². The van der Waals surface area contributed by atoms with E-state index in [0.717, 1.165) is 12.0 Å². The monoisotopic (exact) mass is 278 g/mol. The van der Waals surface area contributed by atoms with Crippen LogP contribution < -0.4 is 5.43 Å². The first-order valence-electron chi connectivity index (χ1n) is 6.53. The van der Waals surface area contributed by atoms with Gasteiger partial charge in [0, 0.05) is 6.54 Å². The van der Waals surface area contributed by atoms with Crippen molar-refractivity contribution in [2.24, 2.45) is 0 Å². The predicted molar refractivity (Wildman–Crippen MR) is 71.5 cm³/mol. The summed E-state index contributed by atoms with van der Waals surface area (Å²) in [5, 5.41) is 1.33. The number of nitrogens with zero attached hydrogens (tertiary/aromatic N) is 1. The lowest BCUT2D eigenvalue weighted by atomic mass is 10.1. The van der Waals surface area contributed by atoms with Crippen molar-refractivity contribution in [1.29, 1.82) is 0 Å². The van der Waals surface area contributed by atoms with Crippen LogP contribution in [0.25, 0.3) is 0 Å². The van der Waals surface area contributed by atoms with Crippen LogP contribution in [0.5, 0.6) is 0 Å². The number of rotatable bonds is 3. The first-order valence-corrected chi connectivity index (χ1v) is 6.53. The van der Waals surface area contributed by atoms with Crippen LogP contribution >= 0.6 is 0 Å². The van der Waals surface area contributed by atoms with Crippen molar-refractivity contribution in [3.63, 3.8) is 0 Å². The fourth-order valence-electron chi connectivity index (χ4n) is 2.02. The van der Waals surface area contributed by atoms with E-state index in [2.05, 4.69) is 10.2 Å². The molecule has 1 aromatic rings. The molecule has 2 rings (SSSR count). The molecule has 1 aromatic carbocycles. The second-order valence-corrected chi connectivity index (χ2v) is 4.54. The molecule has 1 heterocycles. The van der Waals surface area contributed by atoms with Crippen LogP contribution in [0.2, 0.25) is 0 Å². The van der Waals surface area contributed by atoms with Crippen LogP contribution in [-0.4, -0.2) is 36.8 Å². The Morgan fingerprint density at radius 1 is 1.35 bits per heavy atom. The van der Waals surface area contributed by atoms with Crippen LogP contribution in [0.4, 0.5) is 4.79 Å². The molecular weight excluding hydrogens is 260 g/mol. The van der Waals surface area contributed by atoms with Gasteiger partial charge < -0.3 is 9.47 Å². The Bertz CT molecular complexity index is 464. The van der Waals surface area contributed by atoms with Gasteiger partial charge in [0.2, 0.25) is 0 Å². The number of esters is 1. The first-order chi connectivity index (χ1) is 9.70. The number of carbonyl (C=O) groups excluding carboxylic acids is 2. The second kappa shape index (κ2) is 6.91. The van der Waals surface area contributed by atoms with E-state index >= 15 is 0 Å². The van der Waals surface area contributed by atoms with Gasteiger partial charge in [0.25, 0.3) is 0 Å². The number of hydrazine groups is 1. The Morgan fingerprint density at radius 2 is 2.10 bits per heavy atom. The van der Waals surface area contributed by atoms with Crippen LogP contribution in [0.15, 0.2) is 30.3 Å². The Kier molecular flexibility index (Phi) is 4.95. The zero-order valence-electron chi connectivity index (χ0n) is 11.4. The van der Waals surface area contributed by atoms with Gasteiger partial charge in [0.15, 0.2) is 0 Å². The van der Waals surface area contributed by atoms with Gasteiger partial charge in [-0.05, 0) is 18.4 Å². The summed E-state index contributed by atoms with van der Waals surface area (Å²) in [5.41, 5.74) is 3.74. The summed E-state index contributed by atoms with van der Waals surface area (Å²) in [6, 6.07) is 8.95. The van der Waals surface area contributed by atoms with Crippen molar-refractivity contribution >= 4 is 12.1 Å². The van der Waals surface area contributed by atoms with Crippen molar-refractivity contribution in [3.05, 3.63) is 35.9 Å². The van der Waals surface area contributed by atoms with Crippen molar-refractivity contribution in [3.8, 4) is 0 Å². The number of ether oxygens (including phenoxy) is 2. The van der Waals surface area contributed by atoms with Gasteiger partial charge in [0.1, 0.15) is 12.6 Å². The molecule has 108 valence electrons. The number of carbonyl (C=O) groups is 2. The average molecular weight is 278 g/mol. The number of benzene rings is 1. The maximum atomic E-state index is 11.9. The van der Waals surface area contributed by atoms with E-state index in [9.17, 15) is 9.59 Å². The molecule has 0 aromatic heterocycles. The van der Waals surface area contributed by atoms with E-state index in [-0.39, 0.29) is 12.6 Å². The lowest BCUT2D eigenvalue weighted by Crippen LogP contribution is -2.55. The van der Waals surface area contributed by atoms with Gasteiger partial charge in [0.05, 0.1) is 7.11 Å². The summed E-state index contributed by atoms with van der Waals surface area (Å²) < 4.78 is 9.87. The molecule has 20 heavy (non-hydrogen) atoms. The highest BCUT2D eigenvalue weighted by Gasteiger charge is 2.29. The highest BCUT2D eigenvalue weighted by Crippen LogP contribution is 2.10. The van der Waals surface area contributed by atoms with Crippen LogP contribution in [0.3, 0.4) is 0 Å². The Labute approximate surface area is 117 Å². The van der Waals surface area contributed by atoms with Gasteiger partial charge >= 0.3 is 12.1 Å². The summed E-state index contributed by atoms with van der Waals surface area (Å²) in [5.74, 6) is -0.370. The summed E-state index contributed by atoms with van der Waals surface area (Å²) in [6.45, 7) is 0.724. The van der Waals surface area contributed by atoms with Crippen molar-refractivity contribution in [1.82, 2.24) is 10.4 Å². The first kappa shape index (κ1) is 14.3. The van der Waals surface area contributed by atoms with Gasteiger partial charge in [-0.1, -0.05) is 30.3 Å². The molecule has 1 aliphatic rings. The maximum absolute atomic E-state index is 11.9. The average Bonchev–Trinajstić information content (AvgIpc) is 2.53. The van der Waals surface area contributed by atoms with Crippen molar-refractivity contribution in [2.45, 2.75) is 25.5 Å². The molecule has 1 saturated heterocycles. The van der Waals surface area contributed by atoms with Gasteiger partial charge in [-0.15, -0.1) is 0 Å². The molecule has 6 nitrogen and oxygen atoms in total. The molecule has 1 fully saturated rings. The van der Waals surface area contributed by atoms with Crippen LogP contribution in [0.1, 0.15) is 18.4 Å². The number of hydrogen-bond donors (Lipinski definition) is 1. The van der Waals surface area contributed by atoms with Gasteiger partial charge in [-0.25, -0.2) is 15.2 Å². The molecule has 1 atom stereocenters. The predicted octanol–water partition coefficient (Wildman–Crippen LogP) is 1.47. The molecule has 0 radical (unpaired) electrons. The number of nitrogens with one attached hydrogen (secondary N) is 1. The second-order valence-electron chi connectivity index (χ2n) is 4.54. The van der Waals surface area contributed by atoms with Crippen molar-refractivity contribution < 1.29 is 19.1 Å². The topological polar surface area (TPSA) is 67.9 Å². The standard InChI is InChI=1S/C14H18N2O4/c1-19-13(17)12-8-5-9-16(15-12)14(18)20-10-11-6-3-2-4-7-11/h2-4,6-7,12,15H,5,8-10H2,1H3. The molecule has 1 N–H and O–H groups in total. The minimum Gasteiger partial charge on any atom is -0.468 e. The lowest BCUT2D eigenvalue weighted by Gasteiger charge is -2.31. The summed E-state index contributed by atoms with van der Waals surface area (Å²) in [4.78, 5) is 23.4. The molecule has 0 aliphatic carbocycles. The summed E-state index contributed by atoms with van der Waals surface area (Å²) in [7, 11) is 1.33. The largest absolute Gasteiger partial charge is 0.468 e. The third-order valence-electron chi connectivity index (χ3n) is 3.10. The van der Waals surface area contributed by atoms with E-state index in [4.69, 9.17) is 4.74 Å². The third-order valence-corrected chi connectivity index (χ3v) is 3.10. The molecular formula is C14H18N2O4. The molecule has 0 bridgehead atoms. The van der Waals surface area contributed by atoms with Crippen LogP contribution in [0, 0.1) is 0 Å². The quantitative estimate of drug-likeness (QED) is 0.848. The molecule has 0 spiro atoms. The Morgan fingerprint density at radius 3 is 2.80 bits per heavy atom. The zero-order chi connectivity index (χ0) is 14.4. The molecule has 0 saturated carbocycles. The van der Waals surface area contributed by atoms with E-state index in [1.165, 1.54) is 12.1 Å². The lowest BCUT2D eigenvalue weighted by molar-refractivity contribution is -0.145. The smallest absolute Gasteiger partial charge is 0.424 e. The van der Waals surface area contributed by atoms with E-state index in [0.29, 0.717) is 13.0 Å². The Hall–Kier alpha value is -2.08. The molecule has 6 heteroatoms. The highest BCUT2D eigenvalue weighted by atomic mass is 16.6. The summed E-state index contributed by atoms with van der Waals surface area (Å²) >= 11 is 0. The zero-order valence-corrected chi connectivity index (χ0v) is 11.4. The highest BCUT2D eigenvalue weighted by molar-refractivity contribution is 5.76.